The van der Waals surface area contributed by atoms with Crippen LogP contribution in [0, 0.1) is 19.3 Å². The highest BCUT2D eigenvalue weighted by atomic mass is 16.3. The number of nitrogens with zero attached hydrogens (tertiary/aromatic N) is 1. The number of hydrogen-bond acceptors (Lipinski definition) is 3. The van der Waals surface area contributed by atoms with Crippen LogP contribution in [0.5, 0.6) is 0 Å². The summed E-state index contributed by atoms with van der Waals surface area (Å²) in [6, 6.07) is 12.3. The van der Waals surface area contributed by atoms with Crippen LogP contribution in [0.4, 0.5) is 0 Å². The van der Waals surface area contributed by atoms with E-state index in [1.807, 2.05) is 30.9 Å². The number of amides is 1. The van der Waals surface area contributed by atoms with Crippen LogP contribution in [0.25, 0.3) is 0 Å². The SMILES string of the molecule is Cc1cc(C(=O)N2CCC[C@@](CO)(CCCc3ccccc3)C2)c(C)o1. The molecule has 26 heavy (non-hydrogen) atoms. The van der Waals surface area contributed by atoms with Crippen LogP contribution in [0.1, 0.15) is 53.1 Å². The van der Waals surface area contributed by atoms with E-state index in [9.17, 15) is 9.90 Å². The highest BCUT2D eigenvalue weighted by Crippen LogP contribution is 2.35. The smallest absolute Gasteiger partial charge is 0.257 e. The molecule has 0 bridgehead atoms. The summed E-state index contributed by atoms with van der Waals surface area (Å²) in [6.07, 6.45) is 4.89. The first-order valence-corrected chi connectivity index (χ1v) is 9.54. The lowest BCUT2D eigenvalue weighted by molar-refractivity contribution is 0.0215. The molecule has 140 valence electrons. The molecule has 2 heterocycles. The molecule has 1 aliphatic heterocycles. The number of aryl methyl sites for hydroxylation is 3. The molecule has 1 aliphatic rings. The number of benzene rings is 1. The average molecular weight is 355 g/mol. The van der Waals surface area contributed by atoms with Gasteiger partial charge < -0.3 is 14.4 Å². The first kappa shape index (κ1) is 18.7. The highest BCUT2D eigenvalue weighted by molar-refractivity contribution is 5.95. The van der Waals surface area contributed by atoms with Crippen molar-refractivity contribution in [2.24, 2.45) is 5.41 Å². The summed E-state index contributed by atoms with van der Waals surface area (Å²) in [5.74, 6) is 1.47. The molecule has 0 aliphatic carbocycles. The minimum Gasteiger partial charge on any atom is -0.466 e. The van der Waals surface area contributed by atoms with E-state index >= 15 is 0 Å². The fourth-order valence-corrected chi connectivity index (χ4v) is 4.12. The Bertz CT molecular complexity index is 737. The Morgan fingerprint density at radius 3 is 2.69 bits per heavy atom. The number of aliphatic hydroxyl groups is 1. The van der Waals surface area contributed by atoms with Gasteiger partial charge in [0.1, 0.15) is 11.5 Å². The van der Waals surface area contributed by atoms with Crippen LogP contribution in [0.3, 0.4) is 0 Å². The predicted octanol–water partition coefficient (Wildman–Crippen LogP) is 4.13. The van der Waals surface area contributed by atoms with E-state index in [-0.39, 0.29) is 17.9 Å². The quantitative estimate of drug-likeness (QED) is 0.847. The molecule has 0 spiro atoms. The van der Waals surface area contributed by atoms with Gasteiger partial charge in [0.2, 0.25) is 0 Å². The molecule has 4 nitrogen and oxygen atoms in total. The average Bonchev–Trinajstić information content (AvgIpc) is 3.00. The normalized spacial score (nSPS) is 20.3. The molecule has 4 heteroatoms. The molecule has 1 saturated heterocycles. The number of aliphatic hydroxyl groups excluding tert-OH is 1. The van der Waals surface area contributed by atoms with E-state index < -0.39 is 0 Å². The zero-order valence-corrected chi connectivity index (χ0v) is 15.8. The Hall–Kier alpha value is -2.07. The van der Waals surface area contributed by atoms with Crippen LogP contribution in [0.2, 0.25) is 0 Å². The summed E-state index contributed by atoms with van der Waals surface area (Å²) >= 11 is 0. The second-order valence-corrected chi connectivity index (χ2v) is 7.65. The van der Waals surface area contributed by atoms with Gasteiger partial charge in [-0.05, 0) is 57.6 Å². The lowest BCUT2D eigenvalue weighted by Gasteiger charge is -2.42. The van der Waals surface area contributed by atoms with Crippen LogP contribution < -0.4 is 0 Å². The number of carbonyl (C=O) groups excluding carboxylic acids is 1. The van der Waals surface area contributed by atoms with Crippen molar-refractivity contribution >= 4 is 5.91 Å². The van der Waals surface area contributed by atoms with Crippen molar-refractivity contribution < 1.29 is 14.3 Å². The maximum Gasteiger partial charge on any atom is 0.257 e. The second kappa shape index (κ2) is 8.09. The van der Waals surface area contributed by atoms with Crippen LogP contribution in [-0.2, 0) is 6.42 Å². The molecule has 1 amide bonds. The van der Waals surface area contributed by atoms with Crippen molar-refractivity contribution in [1.82, 2.24) is 4.90 Å². The van der Waals surface area contributed by atoms with Crippen molar-refractivity contribution in [3.05, 3.63) is 59.0 Å². The molecule has 0 saturated carbocycles. The Kier molecular flexibility index (Phi) is 5.82. The Morgan fingerprint density at radius 1 is 1.27 bits per heavy atom. The first-order chi connectivity index (χ1) is 12.5. The zero-order chi connectivity index (χ0) is 18.6. The molecule has 1 fully saturated rings. The van der Waals surface area contributed by atoms with E-state index in [0.717, 1.165) is 44.4 Å². The van der Waals surface area contributed by atoms with Crippen LogP contribution in [-0.4, -0.2) is 35.6 Å². The molecule has 2 aromatic rings. The maximum atomic E-state index is 12.9. The fourth-order valence-electron chi connectivity index (χ4n) is 4.12. The summed E-state index contributed by atoms with van der Waals surface area (Å²) < 4.78 is 5.52. The van der Waals surface area contributed by atoms with Gasteiger partial charge in [-0.1, -0.05) is 30.3 Å². The predicted molar refractivity (Wildman–Crippen MR) is 102 cm³/mol. The molecule has 0 radical (unpaired) electrons. The zero-order valence-electron chi connectivity index (χ0n) is 15.8. The topological polar surface area (TPSA) is 53.7 Å². The Labute approximate surface area is 155 Å². The lowest BCUT2D eigenvalue weighted by atomic mass is 9.76. The van der Waals surface area contributed by atoms with E-state index in [4.69, 9.17) is 4.42 Å². The summed E-state index contributed by atoms with van der Waals surface area (Å²) in [4.78, 5) is 14.8. The maximum absolute atomic E-state index is 12.9. The number of likely N-dealkylation sites (tertiary alicyclic amines) is 1. The molecular formula is C22H29NO3. The molecule has 0 unspecified atom stereocenters. The summed E-state index contributed by atoms with van der Waals surface area (Å²) in [5, 5.41) is 10.1. The monoisotopic (exact) mass is 355 g/mol. The van der Waals surface area contributed by atoms with Gasteiger partial charge in [0.05, 0.1) is 12.2 Å². The van der Waals surface area contributed by atoms with E-state index in [1.54, 1.807) is 0 Å². The van der Waals surface area contributed by atoms with Gasteiger partial charge >= 0.3 is 0 Å². The van der Waals surface area contributed by atoms with Crippen LogP contribution >= 0.6 is 0 Å². The third-order valence-electron chi connectivity index (χ3n) is 5.57. The number of rotatable bonds is 6. The van der Waals surface area contributed by atoms with Crippen molar-refractivity contribution in [1.29, 1.82) is 0 Å². The minimum atomic E-state index is -0.185. The van der Waals surface area contributed by atoms with Gasteiger partial charge in [0.15, 0.2) is 0 Å². The molecule has 3 rings (SSSR count). The first-order valence-electron chi connectivity index (χ1n) is 9.54. The molecule has 1 N–H and O–H groups in total. The van der Waals surface area contributed by atoms with Crippen molar-refractivity contribution in [3.8, 4) is 0 Å². The van der Waals surface area contributed by atoms with Gasteiger partial charge in [0.25, 0.3) is 5.91 Å². The summed E-state index contributed by atoms with van der Waals surface area (Å²) in [7, 11) is 0. The largest absolute Gasteiger partial charge is 0.466 e. The number of carbonyl (C=O) groups is 1. The Balaban J connectivity index is 1.64. The van der Waals surface area contributed by atoms with Gasteiger partial charge in [-0.25, -0.2) is 0 Å². The fraction of sp³-hybridized carbons (Fsp3) is 0.500. The number of furan rings is 1. The number of hydrogen-bond donors (Lipinski definition) is 1. The van der Waals surface area contributed by atoms with E-state index in [0.29, 0.717) is 17.9 Å². The third kappa shape index (κ3) is 4.18. The van der Waals surface area contributed by atoms with E-state index in [1.165, 1.54) is 5.56 Å². The van der Waals surface area contributed by atoms with Crippen molar-refractivity contribution in [3.63, 3.8) is 0 Å². The van der Waals surface area contributed by atoms with Gasteiger partial charge in [0, 0.05) is 18.5 Å². The molecule has 1 aromatic carbocycles. The van der Waals surface area contributed by atoms with Gasteiger partial charge in [-0.3, -0.25) is 4.79 Å². The highest BCUT2D eigenvalue weighted by Gasteiger charge is 2.37. The van der Waals surface area contributed by atoms with Gasteiger partial charge in [-0.15, -0.1) is 0 Å². The van der Waals surface area contributed by atoms with Crippen LogP contribution in [0.15, 0.2) is 40.8 Å². The van der Waals surface area contributed by atoms with Gasteiger partial charge in [-0.2, -0.15) is 0 Å². The molecule has 1 atom stereocenters. The molecule has 1 aromatic heterocycles. The standard InChI is InChI=1S/C22H29NO3/c1-17-14-20(18(2)26-17)21(25)23-13-7-12-22(15-23,16-24)11-6-10-19-8-4-3-5-9-19/h3-5,8-9,14,24H,6-7,10-13,15-16H2,1-2H3/t22-/m0/s1. The minimum absolute atomic E-state index is 0.0277. The number of piperidine rings is 1. The summed E-state index contributed by atoms with van der Waals surface area (Å²) in [6.45, 7) is 5.21. The van der Waals surface area contributed by atoms with E-state index in [2.05, 4.69) is 24.3 Å². The van der Waals surface area contributed by atoms with Crippen molar-refractivity contribution in [2.75, 3.05) is 19.7 Å². The lowest BCUT2D eigenvalue weighted by Crippen LogP contribution is -2.48. The van der Waals surface area contributed by atoms with Crippen molar-refractivity contribution in [2.45, 2.75) is 46.0 Å². The second-order valence-electron chi connectivity index (χ2n) is 7.65. The third-order valence-corrected chi connectivity index (χ3v) is 5.57. The molecular weight excluding hydrogens is 326 g/mol. The Morgan fingerprint density at radius 2 is 2.04 bits per heavy atom. The summed E-state index contributed by atoms with van der Waals surface area (Å²) in [5.41, 5.74) is 1.80.